The molecule has 0 atom stereocenters. The highest BCUT2D eigenvalue weighted by Crippen LogP contribution is 1.96. The van der Waals surface area contributed by atoms with Gasteiger partial charge in [0.15, 0.2) is 6.29 Å². The van der Waals surface area contributed by atoms with Crippen molar-refractivity contribution in [3.8, 4) is 0 Å². The molecule has 0 rings (SSSR count). The van der Waals surface area contributed by atoms with Crippen molar-refractivity contribution in [3.63, 3.8) is 0 Å². The smallest absolute Gasteiger partial charge is 0.151 e. The number of hydrogen-bond acceptors (Lipinski definition) is 4. The average molecular weight is 177 g/mol. The van der Waals surface area contributed by atoms with E-state index in [0.29, 0.717) is 6.42 Å². The third kappa shape index (κ3) is 7.94. The maximum absolute atomic E-state index is 8.54. The molecule has 0 spiro atoms. The monoisotopic (exact) mass is 177 g/mol. The van der Waals surface area contributed by atoms with E-state index in [9.17, 15) is 0 Å². The molecule has 0 aliphatic carbocycles. The van der Waals surface area contributed by atoms with Gasteiger partial charge in [0.1, 0.15) is 0 Å². The zero-order chi connectivity index (χ0) is 9.40. The van der Waals surface area contributed by atoms with Gasteiger partial charge in [-0.15, -0.1) is 0 Å². The Bertz CT molecular complexity index is 98.3. The van der Waals surface area contributed by atoms with E-state index in [1.807, 2.05) is 7.05 Å². The Morgan fingerprint density at radius 1 is 1.17 bits per heavy atom. The molecule has 4 nitrogen and oxygen atoms in total. The fourth-order valence-corrected chi connectivity index (χ4v) is 0.996. The number of hydrogen-bond donors (Lipinski definition) is 3. The topological polar surface area (TPSA) is 63.9 Å². The first kappa shape index (κ1) is 11.8. The first-order chi connectivity index (χ1) is 5.66. The predicted molar refractivity (Wildman–Crippen MR) is 46.7 cm³/mol. The quantitative estimate of drug-likeness (QED) is 0.454. The Hall–Kier alpha value is -0.160. The molecule has 0 saturated heterocycles. The first-order valence-corrected chi connectivity index (χ1v) is 4.32. The van der Waals surface area contributed by atoms with Crippen LogP contribution in [0.15, 0.2) is 0 Å². The van der Waals surface area contributed by atoms with Gasteiger partial charge in [-0.05, 0) is 32.9 Å². The molecule has 0 unspecified atom stereocenters. The lowest BCUT2D eigenvalue weighted by Gasteiger charge is -2.15. The van der Waals surface area contributed by atoms with Gasteiger partial charge in [-0.1, -0.05) is 0 Å². The maximum Gasteiger partial charge on any atom is 0.151 e. The lowest BCUT2D eigenvalue weighted by Crippen LogP contribution is -2.22. The summed E-state index contributed by atoms with van der Waals surface area (Å²) in [4.78, 5) is 2.07. The lowest BCUT2D eigenvalue weighted by molar-refractivity contribution is -0.0472. The summed E-state index contributed by atoms with van der Waals surface area (Å²) in [7, 11) is 1.96. The van der Waals surface area contributed by atoms with E-state index in [1.165, 1.54) is 0 Å². The highest BCUT2D eigenvalue weighted by atomic mass is 16.5. The highest BCUT2D eigenvalue weighted by Gasteiger charge is 2.00. The van der Waals surface area contributed by atoms with Crippen LogP contribution in [0.3, 0.4) is 0 Å². The molecule has 12 heavy (non-hydrogen) atoms. The number of nitrogens with zero attached hydrogens (tertiary/aromatic N) is 1. The van der Waals surface area contributed by atoms with Crippen LogP contribution in [0.4, 0.5) is 0 Å². The number of rotatable bonds is 7. The summed E-state index contributed by atoms with van der Waals surface area (Å²) in [6.07, 6.45) is 0.789. The van der Waals surface area contributed by atoms with Gasteiger partial charge in [0.05, 0.1) is 0 Å². The molecule has 4 heteroatoms. The van der Waals surface area contributed by atoms with Crippen molar-refractivity contribution in [3.05, 3.63) is 0 Å². The summed E-state index contributed by atoms with van der Waals surface area (Å²) in [6, 6.07) is 0. The van der Waals surface area contributed by atoms with Crippen LogP contribution in [0.5, 0.6) is 0 Å². The predicted octanol–water partition coefficient (Wildman–Crippen LogP) is -0.608. The van der Waals surface area contributed by atoms with Crippen molar-refractivity contribution >= 4 is 0 Å². The van der Waals surface area contributed by atoms with Gasteiger partial charge in [-0.2, -0.15) is 0 Å². The molecule has 0 radical (unpaired) electrons. The fourth-order valence-electron chi connectivity index (χ4n) is 0.996. The van der Waals surface area contributed by atoms with Crippen molar-refractivity contribution in [1.82, 2.24) is 4.90 Å². The molecule has 0 aromatic carbocycles. The van der Waals surface area contributed by atoms with Crippen LogP contribution in [-0.4, -0.2) is 53.3 Å². The van der Waals surface area contributed by atoms with Gasteiger partial charge in [0.2, 0.25) is 0 Å². The molecule has 0 amide bonds. The molecular formula is C8H19NO3. The van der Waals surface area contributed by atoms with E-state index < -0.39 is 6.29 Å². The van der Waals surface area contributed by atoms with E-state index in [0.717, 1.165) is 25.9 Å². The zero-order valence-corrected chi connectivity index (χ0v) is 7.61. The fraction of sp³-hybridized carbons (Fsp3) is 1.00. The molecule has 74 valence electrons. The van der Waals surface area contributed by atoms with Crippen LogP contribution in [0.1, 0.15) is 19.3 Å². The van der Waals surface area contributed by atoms with Crippen LogP contribution in [0.2, 0.25) is 0 Å². The van der Waals surface area contributed by atoms with Gasteiger partial charge < -0.3 is 20.2 Å². The summed E-state index contributed by atoms with van der Waals surface area (Å²) in [6.45, 7) is 1.92. The summed E-state index contributed by atoms with van der Waals surface area (Å²) in [5, 5.41) is 25.6. The van der Waals surface area contributed by atoms with Crippen molar-refractivity contribution in [1.29, 1.82) is 0 Å². The largest absolute Gasteiger partial charge is 0.396 e. The third-order valence-electron chi connectivity index (χ3n) is 1.70. The summed E-state index contributed by atoms with van der Waals surface area (Å²) < 4.78 is 0. The van der Waals surface area contributed by atoms with Crippen molar-refractivity contribution in [2.75, 3.05) is 26.7 Å². The molecule has 0 bridgehead atoms. The average Bonchev–Trinajstić information content (AvgIpc) is 2.00. The van der Waals surface area contributed by atoms with E-state index in [2.05, 4.69) is 4.90 Å². The summed E-state index contributed by atoms with van der Waals surface area (Å²) >= 11 is 0. The van der Waals surface area contributed by atoms with E-state index in [4.69, 9.17) is 15.3 Å². The van der Waals surface area contributed by atoms with Gasteiger partial charge in [0.25, 0.3) is 0 Å². The van der Waals surface area contributed by atoms with Gasteiger partial charge in [-0.25, -0.2) is 0 Å². The zero-order valence-electron chi connectivity index (χ0n) is 7.61. The van der Waals surface area contributed by atoms with Crippen molar-refractivity contribution < 1.29 is 15.3 Å². The molecule has 0 aliphatic heterocycles. The Kier molecular flexibility index (Phi) is 7.39. The Morgan fingerprint density at radius 2 is 1.75 bits per heavy atom. The summed E-state index contributed by atoms with van der Waals surface area (Å²) in [5.41, 5.74) is 0. The van der Waals surface area contributed by atoms with E-state index in [-0.39, 0.29) is 6.61 Å². The van der Waals surface area contributed by atoms with Crippen LogP contribution in [0.25, 0.3) is 0 Å². The van der Waals surface area contributed by atoms with Gasteiger partial charge in [0, 0.05) is 13.2 Å². The Labute approximate surface area is 73.4 Å². The Balaban J connectivity index is 3.13. The van der Waals surface area contributed by atoms with E-state index in [1.54, 1.807) is 0 Å². The molecule has 0 heterocycles. The lowest BCUT2D eigenvalue weighted by atomic mass is 10.3. The SMILES string of the molecule is CN(CCCO)CCCC(O)O. The third-order valence-corrected chi connectivity index (χ3v) is 1.70. The van der Waals surface area contributed by atoms with Crippen LogP contribution in [-0.2, 0) is 0 Å². The minimum atomic E-state index is -1.18. The molecule has 0 aliphatic rings. The van der Waals surface area contributed by atoms with Crippen molar-refractivity contribution in [2.24, 2.45) is 0 Å². The molecular weight excluding hydrogens is 158 g/mol. The molecule has 3 N–H and O–H groups in total. The van der Waals surface area contributed by atoms with Crippen LogP contribution in [0, 0.1) is 0 Å². The summed E-state index contributed by atoms with van der Waals surface area (Å²) in [5.74, 6) is 0. The second-order valence-electron chi connectivity index (χ2n) is 3.00. The Morgan fingerprint density at radius 3 is 2.25 bits per heavy atom. The number of aliphatic hydroxyl groups is 3. The number of aliphatic hydroxyl groups excluding tert-OH is 2. The first-order valence-electron chi connectivity index (χ1n) is 4.32. The standard InChI is InChI=1S/C8H19NO3/c1-9(6-3-7-10)5-2-4-8(11)12/h8,10-12H,2-7H2,1H3. The normalized spacial score (nSPS) is 11.5. The maximum atomic E-state index is 8.54. The van der Waals surface area contributed by atoms with Gasteiger partial charge in [-0.3, -0.25) is 0 Å². The van der Waals surface area contributed by atoms with E-state index >= 15 is 0 Å². The van der Waals surface area contributed by atoms with Crippen LogP contribution < -0.4 is 0 Å². The molecule has 0 aromatic heterocycles. The molecule has 0 saturated carbocycles. The minimum absolute atomic E-state index is 0.215. The van der Waals surface area contributed by atoms with Crippen LogP contribution >= 0.6 is 0 Å². The minimum Gasteiger partial charge on any atom is -0.396 e. The second-order valence-corrected chi connectivity index (χ2v) is 3.00. The van der Waals surface area contributed by atoms with Crippen molar-refractivity contribution in [2.45, 2.75) is 25.6 Å². The highest BCUT2D eigenvalue weighted by molar-refractivity contribution is 4.52. The van der Waals surface area contributed by atoms with Gasteiger partial charge >= 0.3 is 0 Å². The molecule has 0 aromatic rings. The molecule has 0 fully saturated rings. The second kappa shape index (κ2) is 7.49.